The van der Waals surface area contributed by atoms with Gasteiger partial charge in [-0.15, -0.1) is 0 Å². The number of anilines is 3. The summed E-state index contributed by atoms with van der Waals surface area (Å²) in [4.78, 5) is 2.21. The predicted molar refractivity (Wildman–Crippen MR) is 135 cm³/mol. The lowest BCUT2D eigenvalue weighted by molar-refractivity contribution is 0.0944. The van der Waals surface area contributed by atoms with Crippen LogP contribution in [0.5, 0.6) is 5.75 Å². The van der Waals surface area contributed by atoms with E-state index >= 15 is 0 Å². The Balaban J connectivity index is 1.38. The minimum absolute atomic E-state index is 0.490. The van der Waals surface area contributed by atoms with E-state index in [1.807, 2.05) is 48.5 Å². The molecule has 0 saturated heterocycles. The molecule has 4 rings (SSSR count). The summed E-state index contributed by atoms with van der Waals surface area (Å²) < 4.78 is 18.8. The number of benzene rings is 3. The Labute approximate surface area is 205 Å². The van der Waals surface area contributed by atoms with Gasteiger partial charge in [0.15, 0.2) is 0 Å². The number of ether oxygens (including phenoxy) is 2. The van der Waals surface area contributed by atoms with Crippen molar-refractivity contribution < 1.29 is 13.9 Å². The van der Waals surface area contributed by atoms with Crippen molar-refractivity contribution in [1.82, 2.24) is 0 Å². The average molecular weight is 557 g/mol. The fraction of sp³-hybridized carbons (Fsp3) is 0.154. The van der Waals surface area contributed by atoms with E-state index in [2.05, 4.69) is 73.2 Å². The smallest absolute Gasteiger partial charge is 0.129 e. The second kappa shape index (κ2) is 11.4. The van der Waals surface area contributed by atoms with Gasteiger partial charge in [0.05, 0.1) is 19.5 Å². The van der Waals surface area contributed by atoms with Gasteiger partial charge in [-0.25, -0.2) is 0 Å². The quantitative estimate of drug-likeness (QED) is 0.184. The first-order chi connectivity index (χ1) is 15.7. The first-order valence-corrected chi connectivity index (χ1v) is 11.9. The van der Waals surface area contributed by atoms with E-state index in [1.54, 1.807) is 6.26 Å². The molecule has 0 aliphatic carbocycles. The molecule has 4 nitrogen and oxygen atoms in total. The van der Waals surface area contributed by atoms with Crippen LogP contribution in [0.2, 0.25) is 0 Å². The molecule has 3 aromatic carbocycles. The van der Waals surface area contributed by atoms with Crippen molar-refractivity contribution >= 4 is 48.9 Å². The molecule has 0 saturated carbocycles. The van der Waals surface area contributed by atoms with Gasteiger partial charge in [-0.3, -0.25) is 0 Å². The van der Waals surface area contributed by atoms with Gasteiger partial charge in [-0.1, -0.05) is 31.9 Å². The van der Waals surface area contributed by atoms with E-state index < -0.39 is 0 Å². The maximum Gasteiger partial charge on any atom is 0.129 e. The molecule has 6 heteroatoms. The standard InChI is InChI=1S/C26H23Br2NO3/c27-20-4-8-22(9-5-20)29(23-10-6-21(28)7-11-23)24-12-14-25(15-13-24)31-18-2-16-30-19-26-3-1-17-32-26/h1,3-15,17H,2,16,18-19H2. The highest BCUT2D eigenvalue weighted by Gasteiger charge is 2.12. The highest BCUT2D eigenvalue weighted by Crippen LogP contribution is 2.36. The molecular formula is C26H23Br2NO3. The van der Waals surface area contributed by atoms with Crippen molar-refractivity contribution in [2.24, 2.45) is 0 Å². The van der Waals surface area contributed by atoms with Crippen LogP contribution < -0.4 is 9.64 Å². The molecule has 0 radical (unpaired) electrons. The number of halogens is 2. The van der Waals surface area contributed by atoms with Gasteiger partial charge >= 0.3 is 0 Å². The van der Waals surface area contributed by atoms with Gasteiger partial charge < -0.3 is 18.8 Å². The third-order valence-corrected chi connectivity index (χ3v) is 5.85. The summed E-state index contributed by atoms with van der Waals surface area (Å²) in [5.74, 6) is 1.67. The molecule has 0 amide bonds. The van der Waals surface area contributed by atoms with Crippen molar-refractivity contribution in [3.63, 3.8) is 0 Å². The Morgan fingerprint density at radius 1 is 0.688 bits per heavy atom. The van der Waals surface area contributed by atoms with Gasteiger partial charge in [-0.2, -0.15) is 0 Å². The van der Waals surface area contributed by atoms with Crippen molar-refractivity contribution in [3.8, 4) is 5.75 Å². The van der Waals surface area contributed by atoms with Crippen LogP contribution in [0.25, 0.3) is 0 Å². The van der Waals surface area contributed by atoms with Crippen LogP contribution in [0.1, 0.15) is 12.2 Å². The number of hydrogen-bond acceptors (Lipinski definition) is 4. The maximum atomic E-state index is 5.89. The minimum atomic E-state index is 0.490. The van der Waals surface area contributed by atoms with E-state index in [9.17, 15) is 0 Å². The van der Waals surface area contributed by atoms with Gasteiger partial charge in [0, 0.05) is 32.4 Å². The van der Waals surface area contributed by atoms with Gasteiger partial charge in [-0.05, 0) is 84.9 Å². The van der Waals surface area contributed by atoms with Crippen LogP contribution in [0, 0.1) is 0 Å². The monoisotopic (exact) mass is 555 g/mol. The minimum Gasteiger partial charge on any atom is -0.494 e. The molecule has 1 aromatic heterocycles. The van der Waals surface area contributed by atoms with E-state index in [0.717, 1.165) is 43.9 Å². The molecule has 0 atom stereocenters. The largest absolute Gasteiger partial charge is 0.494 e. The topological polar surface area (TPSA) is 34.8 Å². The highest BCUT2D eigenvalue weighted by atomic mass is 79.9. The van der Waals surface area contributed by atoms with Crippen LogP contribution in [0.3, 0.4) is 0 Å². The first kappa shape index (κ1) is 22.6. The Morgan fingerprint density at radius 2 is 1.25 bits per heavy atom. The normalized spacial score (nSPS) is 10.8. The molecule has 0 fully saturated rings. The lowest BCUT2D eigenvalue weighted by atomic mass is 10.2. The predicted octanol–water partition coefficient (Wildman–Crippen LogP) is 8.26. The van der Waals surface area contributed by atoms with Crippen molar-refractivity contribution in [3.05, 3.63) is 106 Å². The summed E-state index contributed by atoms with van der Waals surface area (Å²) in [5.41, 5.74) is 3.22. The summed E-state index contributed by atoms with van der Waals surface area (Å²) >= 11 is 7.04. The molecule has 0 bridgehead atoms. The fourth-order valence-electron chi connectivity index (χ4n) is 3.24. The summed E-state index contributed by atoms with van der Waals surface area (Å²) in [6.45, 7) is 1.71. The zero-order valence-corrected chi connectivity index (χ0v) is 20.6. The van der Waals surface area contributed by atoms with Crippen LogP contribution in [0.15, 0.2) is 105 Å². The molecule has 0 N–H and O–H groups in total. The van der Waals surface area contributed by atoms with E-state index in [1.165, 1.54) is 0 Å². The Bertz CT molecular complexity index is 1030. The molecule has 4 aromatic rings. The van der Waals surface area contributed by atoms with Gasteiger partial charge in [0.25, 0.3) is 0 Å². The lowest BCUT2D eigenvalue weighted by Gasteiger charge is -2.25. The second-order valence-corrected chi connectivity index (χ2v) is 8.95. The number of rotatable bonds is 10. The van der Waals surface area contributed by atoms with Crippen LogP contribution in [-0.4, -0.2) is 13.2 Å². The summed E-state index contributed by atoms with van der Waals surface area (Å²) in [5, 5.41) is 0. The van der Waals surface area contributed by atoms with Crippen LogP contribution in [0.4, 0.5) is 17.1 Å². The summed E-state index contributed by atoms with van der Waals surface area (Å²) in [6.07, 6.45) is 2.46. The van der Waals surface area contributed by atoms with Crippen LogP contribution >= 0.6 is 31.9 Å². The second-order valence-electron chi connectivity index (χ2n) is 7.12. The number of hydrogen-bond donors (Lipinski definition) is 0. The van der Waals surface area contributed by atoms with Crippen molar-refractivity contribution in [1.29, 1.82) is 0 Å². The number of furan rings is 1. The molecule has 0 spiro atoms. The van der Waals surface area contributed by atoms with Gasteiger partial charge in [0.2, 0.25) is 0 Å². The third-order valence-electron chi connectivity index (χ3n) is 4.79. The Morgan fingerprint density at radius 3 is 1.78 bits per heavy atom. The van der Waals surface area contributed by atoms with Crippen molar-refractivity contribution in [2.75, 3.05) is 18.1 Å². The zero-order chi connectivity index (χ0) is 22.2. The first-order valence-electron chi connectivity index (χ1n) is 10.3. The van der Waals surface area contributed by atoms with E-state index in [4.69, 9.17) is 13.9 Å². The molecule has 164 valence electrons. The third kappa shape index (κ3) is 6.25. The van der Waals surface area contributed by atoms with E-state index in [0.29, 0.717) is 19.8 Å². The average Bonchev–Trinajstić information content (AvgIpc) is 3.33. The molecule has 1 heterocycles. The van der Waals surface area contributed by atoms with Crippen molar-refractivity contribution in [2.45, 2.75) is 13.0 Å². The summed E-state index contributed by atoms with van der Waals surface area (Å²) in [7, 11) is 0. The molecule has 0 aliphatic rings. The maximum absolute atomic E-state index is 5.89. The van der Waals surface area contributed by atoms with E-state index in [-0.39, 0.29) is 0 Å². The highest BCUT2D eigenvalue weighted by molar-refractivity contribution is 9.10. The SMILES string of the molecule is Brc1ccc(N(c2ccc(Br)cc2)c2ccc(OCCCOCc3ccco3)cc2)cc1. The molecular weight excluding hydrogens is 534 g/mol. The fourth-order valence-corrected chi connectivity index (χ4v) is 3.77. The summed E-state index contributed by atoms with van der Waals surface area (Å²) in [6, 6.07) is 28.5. The number of nitrogens with zero attached hydrogens (tertiary/aromatic N) is 1. The van der Waals surface area contributed by atoms with Crippen LogP contribution in [-0.2, 0) is 11.3 Å². The Hall–Kier alpha value is -2.54. The lowest BCUT2D eigenvalue weighted by Crippen LogP contribution is -2.09. The Kier molecular flexibility index (Phi) is 8.04. The molecule has 0 aliphatic heterocycles. The van der Waals surface area contributed by atoms with Gasteiger partial charge in [0.1, 0.15) is 18.1 Å². The molecule has 32 heavy (non-hydrogen) atoms. The zero-order valence-electron chi connectivity index (χ0n) is 17.4. The molecule has 0 unspecified atom stereocenters.